The van der Waals surface area contributed by atoms with Crippen molar-refractivity contribution in [1.82, 2.24) is 4.98 Å². The molecule has 2 heterocycles. The molecule has 0 saturated carbocycles. The molecule has 5 rings (SSSR count). The van der Waals surface area contributed by atoms with E-state index in [1.807, 2.05) is 31.2 Å². The Morgan fingerprint density at radius 2 is 1.70 bits per heavy atom. The van der Waals surface area contributed by atoms with Crippen LogP contribution in [-0.2, 0) is 4.79 Å². The largest absolute Gasteiger partial charge is 0.497 e. The van der Waals surface area contributed by atoms with E-state index in [9.17, 15) is 18.4 Å². The molecule has 4 aromatic rings. The monoisotopic (exact) mass is 561 g/mol. The number of thioether (sulfide) groups is 1. The SMILES string of the molecule is COc1ccc(/C=C2/N=C(S[C@@H](C)C(=O)c3c(C)[nH]c4ccccc34)N(c3ccc(OC(F)F)cc3)C2=O)cc1. The second-order valence-electron chi connectivity index (χ2n) is 9.00. The molecule has 1 N–H and O–H groups in total. The molecule has 0 aliphatic carbocycles. The fourth-order valence-corrected chi connectivity index (χ4v) is 5.43. The molecular formula is C30H25F2N3O4S. The number of aryl methyl sites for hydroxylation is 1. The number of carbonyl (C=O) groups is 2. The first kappa shape index (κ1) is 27.1. The Kier molecular flexibility index (Phi) is 7.70. The van der Waals surface area contributed by atoms with Crippen molar-refractivity contribution in [2.45, 2.75) is 25.7 Å². The number of alkyl halides is 2. The molecule has 0 unspecified atom stereocenters. The number of H-pyrrole nitrogens is 1. The number of rotatable bonds is 8. The average Bonchev–Trinajstić information content (AvgIpc) is 3.43. The van der Waals surface area contributed by atoms with Crippen LogP contribution in [0.3, 0.4) is 0 Å². The summed E-state index contributed by atoms with van der Waals surface area (Å²) in [5.41, 5.74) is 3.52. The van der Waals surface area contributed by atoms with Gasteiger partial charge in [-0.25, -0.2) is 4.99 Å². The summed E-state index contributed by atoms with van der Waals surface area (Å²) in [5, 5.41) is 0.535. The van der Waals surface area contributed by atoms with Crippen LogP contribution in [0, 0.1) is 6.92 Å². The number of amidine groups is 1. The quantitative estimate of drug-likeness (QED) is 0.188. The molecular weight excluding hydrogens is 536 g/mol. The molecule has 7 nitrogen and oxygen atoms in total. The molecule has 0 bridgehead atoms. The molecule has 1 amide bonds. The Hall–Kier alpha value is -4.44. The van der Waals surface area contributed by atoms with Crippen molar-refractivity contribution in [2.75, 3.05) is 12.0 Å². The highest BCUT2D eigenvalue weighted by Gasteiger charge is 2.35. The van der Waals surface area contributed by atoms with Gasteiger partial charge in [-0.2, -0.15) is 8.78 Å². The van der Waals surface area contributed by atoms with E-state index in [0.717, 1.165) is 33.9 Å². The Labute approximate surface area is 233 Å². The fraction of sp³-hybridized carbons (Fsp3) is 0.167. The zero-order valence-electron chi connectivity index (χ0n) is 21.9. The molecule has 1 aromatic heterocycles. The van der Waals surface area contributed by atoms with Gasteiger partial charge in [-0.1, -0.05) is 42.1 Å². The number of hydrogen-bond donors (Lipinski definition) is 1. The minimum Gasteiger partial charge on any atom is -0.497 e. The summed E-state index contributed by atoms with van der Waals surface area (Å²) in [6.45, 7) is 0.655. The highest BCUT2D eigenvalue weighted by Crippen LogP contribution is 2.34. The van der Waals surface area contributed by atoms with Gasteiger partial charge in [0.1, 0.15) is 17.2 Å². The highest BCUT2D eigenvalue weighted by atomic mass is 32.2. The highest BCUT2D eigenvalue weighted by molar-refractivity contribution is 8.15. The average molecular weight is 562 g/mol. The minimum absolute atomic E-state index is 0.0381. The number of aromatic amines is 1. The van der Waals surface area contributed by atoms with Crippen LogP contribution >= 0.6 is 11.8 Å². The van der Waals surface area contributed by atoms with Gasteiger partial charge in [0.15, 0.2) is 11.0 Å². The first-order chi connectivity index (χ1) is 19.2. The van der Waals surface area contributed by atoms with E-state index in [1.54, 1.807) is 44.4 Å². The van der Waals surface area contributed by atoms with Crippen LogP contribution in [0.25, 0.3) is 17.0 Å². The van der Waals surface area contributed by atoms with Gasteiger partial charge >= 0.3 is 6.61 Å². The number of Topliss-reactive ketones (excluding diaryl/α,β-unsaturated/α-hetero) is 1. The van der Waals surface area contributed by atoms with Gasteiger partial charge < -0.3 is 14.5 Å². The number of benzene rings is 3. The Balaban J connectivity index is 1.48. The van der Waals surface area contributed by atoms with Crippen LogP contribution in [0.1, 0.15) is 28.5 Å². The Morgan fingerprint density at radius 3 is 2.38 bits per heavy atom. The van der Waals surface area contributed by atoms with Crippen molar-refractivity contribution < 1.29 is 27.8 Å². The lowest BCUT2D eigenvalue weighted by Gasteiger charge is -2.20. The first-order valence-electron chi connectivity index (χ1n) is 12.4. The third kappa shape index (κ3) is 5.48. The number of halogens is 2. The predicted molar refractivity (Wildman–Crippen MR) is 153 cm³/mol. The molecule has 0 fully saturated rings. The van der Waals surface area contributed by atoms with Gasteiger partial charge in [-0.15, -0.1) is 0 Å². The number of hydrogen-bond acceptors (Lipinski definition) is 6. The van der Waals surface area contributed by atoms with E-state index in [-0.39, 0.29) is 17.2 Å². The summed E-state index contributed by atoms with van der Waals surface area (Å²) in [6, 6.07) is 20.4. The number of methoxy groups -OCH3 is 1. The van der Waals surface area contributed by atoms with E-state index in [0.29, 0.717) is 22.2 Å². The lowest BCUT2D eigenvalue weighted by Crippen LogP contribution is -2.32. The Bertz CT molecular complexity index is 1630. The molecule has 0 spiro atoms. The number of para-hydroxylation sites is 1. The number of nitrogens with zero attached hydrogens (tertiary/aromatic N) is 2. The second kappa shape index (κ2) is 11.4. The lowest BCUT2D eigenvalue weighted by atomic mass is 10.1. The zero-order chi connectivity index (χ0) is 28.4. The fourth-order valence-electron chi connectivity index (χ4n) is 4.45. The van der Waals surface area contributed by atoms with Gasteiger partial charge in [-0.3, -0.25) is 14.5 Å². The van der Waals surface area contributed by atoms with E-state index in [4.69, 9.17) is 4.74 Å². The van der Waals surface area contributed by atoms with Crippen molar-refractivity contribution in [2.24, 2.45) is 4.99 Å². The number of aromatic nitrogens is 1. The van der Waals surface area contributed by atoms with E-state index in [1.165, 1.54) is 29.2 Å². The maximum absolute atomic E-state index is 13.6. The molecule has 1 aliphatic rings. The van der Waals surface area contributed by atoms with Gasteiger partial charge in [0.25, 0.3) is 5.91 Å². The third-order valence-electron chi connectivity index (χ3n) is 6.36. The van der Waals surface area contributed by atoms with E-state index >= 15 is 0 Å². The number of nitrogens with one attached hydrogen (secondary N) is 1. The van der Waals surface area contributed by atoms with Gasteiger partial charge in [0.05, 0.1) is 18.0 Å². The maximum atomic E-state index is 13.6. The molecule has 3 aromatic carbocycles. The number of amides is 1. The normalized spacial score (nSPS) is 15.2. The topological polar surface area (TPSA) is 84.0 Å². The Morgan fingerprint density at radius 1 is 1.02 bits per heavy atom. The van der Waals surface area contributed by atoms with Gasteiger partial charge in [0.2, 0.25) is 0 Å². The first-order valence-corrected chi connectivity index (χ1v) is 13.2. The lowest BCUT2D eigenvalue weighted by molar-refractivity contribution is -0.113. The van der Waals surface area contributed by atoms with Crippen LogP contribution in [0.2, 0.25) is 0 Å². The maximum Gasteiger partial charge on any atom is 0.387 e. The number of ether oxygens (including phenoxy) is 2. The van der Waals surface area contributed by atoms with Crippen LogP contribution in [0.4, 0.5) is 14.5 Å². The second-order valence-corrected chi connectivity index (χ2v) is 10.3. The van der Waals surface area contributed by atoms with Gasteiger partial charge in [0, 0.05) is 22.2 Å². The number of carbonyl (C=O) groups excluding carboxylic acids is 2. The summed E-state index contributed by atoms with van der Waals surface area (Å²) in [4.78, 5) is 36.4. The number of aliphatic imine (C=N–C) groups is 1. The minimum atomic E-state index is -2.97. The van der Waals surface area contributed by atoms with Crippen molar-refractivity contribution in [3.8, 4) is 11.5 Å². The summed E-state index contributed by atoms with van der Waals surface area (Å²) in [6.07, 6.45) is 1.65. The van der Waals surface area contributed by atoms with Crippen LogP contribution in [0.15, 0.2) is 83.5 Å². The summed E-state index contributed by atoms with van der Waals surface area (Å²) >= 11 is 1.15. The van der Waals surface area contributed by atoms with Crippen LogP contribution in [-0.4, -0.2) is 40.8 Å². The smallest absolute Gasteiger partial charge is 0.387 e. The van der Waals surface area contributed by atoms with Crippen molar-refractivity contribution in [3.05, 3.63) is 95.3 Å². The van der Waals surface area contributed by atoms with Gasteiger partial charge in [-0.05, 0) is 68.0 Å². The molecule has 40 heavy (non-hydrogen) atoms. The molecule has 1 atom stereocenters. The number of fused-ring (bicyclic) bond motifs is 1. The zero-order valence-corrected chi connectivity index (χ0v) is 22.7. The third-order valence-corrected chi connectivity index (χ3v) is 7.41. The molecule has 0 saturated heterocycles. The van der Waals surface area contributed by atoms with E-state index in [2.05, 4.69) is 14.7 Å². The van der Waals surface area contributed by atoms with Crippen molar-refractivity contribution in [1.29, 1.82) is 0 Å². The summed E-state index contributed by atoms with van der Waals surface area (Å²) in [7, 11) is 1.57. The molecule has 0 radical (unpaired) electrons. The molecule has 204 valence electrons. The van der Waals surface area contributed by atoms with Crippen LogP contribution < -0.4 is 14.4 Å². The summed E-state index contributed by atoms with van der Waals surface area (Å²) < 4.78 is 35.0. The van der Waals surface area contributed by atoms with E-state index < -0.39 is 17.8 Å². The molecule has 10 heteroatoms. The number of ketones is 1. The van der Waals surface area contributed by atoms with Crippen molar-refractivity contribution in [3.63, 3.8) is 0 Å². The van der Waals surface area contributed by atoms with Crippen molar-refractivity contribution >= 4 is 51.3 Å². The van der Waals surface area contributed by atoms with Crippen LogP contribution in [0.5, 0.6) is 11.5 Å². The molecule has 1 aliphatic heterocycles. The summed E-state index contributed by atoms with van der Waals surface area (Å²) in [5.74, 6) is 0.114. The predicted octanol–water partition coefficient (Wildman–Crippen LogP) is 6.83. The standard InChI is InChI=1S/C30H25F2N3O4S/c1-17-26(23-6-4-5-7-24(23)33-17)27(36)18(2)40-30-34-25(16-19-8-12-21(38-3)13-9-19)28(37)35(30)20-10-14-22(15-11-20)39-29(31)32/h4-16,18,29,33H,1-3H3/b25-16+/t18-/m0/s1. The number of anilines is 1.